The molecule has 0 unspecified atom stereocenters. The number of hydrogen-bond donors (Lipinski definition) is 1. The zero-order valence-electron chi connectivity index (χ0n) is 11.2. The Morgan fingerprint density at radius 2 is 1.75 bits per heavy atom. The molecular formula is C13H18O6S. The summed E-state index contributed by atoms with van der Waals surface area (Å²) in [6.45, 7) is 2.29. The van der Waals surface area contributed by atoms with E-state index in [1.807, 2.05) is 6.92 Å². The lowest BCUT2D eigenvalue weighted by Gasteiger charge is -2.11. The van der Waals surface area contributed by atoms with Gasteiger partial charge in [0.05, 0.1) is 24.5 Å². The molecule has 0 aromatic heterocycles. The van der Waals surface area contributed by atoms with Crippen molar-refractivity contribution in [3.05, 3.63) is 24.3 Å². The van der Waals surface area contributed by atoms with Crippen molar-refractivity contribution in [1.29, 1.82) is 0 Å². The molecule has 0 amide bonds. The first-order valence-corrected chi connectivity index (χ1v) is 8.03. The molecule has 7 heteroatoms. The van der Waals surface area contributed by atoms with E-state index >= 15 is 0 Å². The summed E-state index contributed by atoms with van der Waals surface area (Å²) in [7, 11) is -3.42. The first kappa shape index (κ1) is 16.3. The molecule has 0 aliphatic carbocycles. The fourth-order valence-electron chi connectivity index (χ4n) is 1.47. The molecule has 1 aromatic rings. The molecule has 0 fully saturated rings. The lowest BCUT2D eigenvalue weighted by atomic mass is 10.3. The van der Waals surface area contributed by atoms with Crippen molar-refractivity contribution in [3.63, 3.8) is 0 Å². The van der Waals surface area contributed by atoms with Crippen LogP contribution in [-0.4, -0.2) is 44.2 Å². The Labute approximate surface area is 118 Å². The van der Waals surface area contributed by atoms with E-state index in [4.69, 9.17) is 14.6 Å². The molecule has 1 N–H and O–H groups in total. The minimum absolute atomic E-state index is 0.0357. The van der Waals surface area contributed by atoms with E-state index in [-0.39, 0.29) is 18.1 Å². The van der Waals surface area contributed by atoms with E-state index in [0.717, 1.165) is 0 Å². The smallest absolute Gasteiger partial charge is 0.304 e. The number of ether oxygens (including phenoxy) is 2. The first-order valence-electron chi connectivity index (χ1n) is 6.21. The van der Waals surface area contributed by atoms with Crippen molar-refractivity contribution < 1.29 is 27.8 Å². The maximum Gasteiger partial charge on any atom is 0.304 e. The van der Waals surface area contributed by atoms with Gasteiger partial charge in [0.2, 0.25) is 0 Å². The molecule has 1 rings (SSSR count). The van der Waals surface area contributed by atoms with Gasteiger partial charge in [-0.25, -0.2) is 8.42 Å². The van der Waals surface area contributed by atoms with Crippen molar-refractivity contribution in [2.75, 3.05) is 24.7 Å². The normalized spacial score (nSPS) is 11.1. The molecular weight excluding hydrogens is 284 g/mol. The summed E-state index contributed by atoms with van der Waals surface area (Å²) in [4.78, 5) is 10.3. The summed E-state index contributed by atoms with van der Waals surface area (Å²) >= 11 is 0. The fraction of sp³-hybridized carbons (Fsp3) is 0.462. The van der Waals surface area contributed by atoms with Gasteiger partial charge in [-0.2, -0.15) is 0 Å². The van der Waals surface area contributed by atoms with E-state index in [1.54, 1.807) is 24.3 Å². The molecule has 20 heavy (non-hydrogen) atoms. The second kappa shape index (κ2) is 7.74. The molecule has 0 aliphatic heterocycles. The van der Waals surface area contributed by atoms with Crippen LogP contribution in [0.15, 0.2) is 24.3 Å². The Balaban J connectivity index is 2.50. The average molecular weight is 302 g/mol. The number of carbonyl (C=O) groups is 1. The Kier molecular flexibility index (Phi) is 6.30. The number of hydrogen-bond acceptors (Lipinski definition) is 5. The average Bonchev–Trinajstić information content (AvgIpc) is 2.39. The number of carboxylic acids is 1. The topological polar surface area (TPSA) is 89.9 Å². The van der Waals surface area contributed by atoms with Gasteiger partial charge in [0.15, 0.2) is 21.3 Å². The monoisotopic (exact) mass is 302 g/mol. The van der Waals surface area contributed by atoms with Gasteiger partial charge >= 0.3 is 5.97 Å². The molecule has 6 nitrogen and oxygen atoms in total. The van der Waals surface area contributed by atoms with E-state index in [1.165, 1.54) is 0 Å². The molecule has 1 aromatic carbocycles. The maximum absolute atomic E-state index is 11.6. The van der Waals surface area contributed by atoms with Crippen LogP contribution in [-0.2, 0) is 14.6 Å². The summed E-state index contributed by atoms with van der Waals surface area (Å²) in [5.41, 5.74) is 0. The third-order valence-electron chi connectivity index (χ3n) is 2.43. The minimum atomic E-state index is -3.42. The Bertz CT molecular complexity index is 538. The van der Waals surface area contributed by atoms with Crippen LogP contribution in [0.25, 0.3) is 0 Å². The van der Waals surface area contributed by atoms with E-state index < -0.39 is 22.2 Å². The van der Waals surface area contributed by atoms with E-state index in [0.29, 0.717) is 18.1 Å². The van der Waals surface area contributed by atoms with Gasteiger partial charge in [-0.3, -0.25) is 4.79 Å². The van der Waals surface area contributed by atoms with Gasteiger partial charge in [-0.1, -0.05) is 12.1 Å². The second-order valence-electron chi connectivity index (χ2n) is 4.02. The minimum Gasteiger partial charge on any atom is -0.490 e. The Morgan fingerprint density at radius 3 is 2.30 bits per heavy atom. The van der Waals surface area contributed by atoms with Crippen molar-refractivity contribution >= 4 is 15.8 Å². The summed E-state index contributed by atoms with van der Waals surface area (Å²) in [6, 6.07) is 6.98. The van der Waals surface area contributed by atoms with Crippen LogP contribution >= 0.6 is 0 Å². The van der Waals surface area contributed by atoms with E-state index in [2.05, 4.69) is 0 Å². The molecule has 112 valence electrons. The van der Waals surface area contributed by atoms with Crippen LogP contribution in [0.2, 0.25) is 0 Å². The van der Waals surface area contributed by atoms with Gasteiger partial charge in [-0.15, -0.1) is 0 Å². The van der Waals surface area contributed by atoms with Crippen LogP contribution < -0.4 is 9.47 Å². The molecule has 0 aliphatic rings. The van der Waals surface area contributed by atoms with Crippen molar-refractivity contribution in [3.8, 4) is 11.5 Å². The fourth-order valence-corrected chi connectivity index (χ4v) is 2.49. The number of rotatable bonds is 9. The maximum atomic E-state index is 11.6. The highest BCUT2D eigenvalue weighted by molar-refractivity contribution is 7.91. The number of carboxylic acid groups (broad SMARTS) is 1. The quantitative estimate of drug-likeness (QED) is 0.740. The third kappa shape index (κ3) is 5.92. The Hall–Kier alpha value is -1.76. The highest BCUT2D eigenvalue weighted by Crippen LogP contribution is 2.26. The summed E-state index contributed by atoms with van der Waals surface area (Å²) in [5, 5.41) is 8.46. The summed E-state index contributed by atoms with van der Waals surface area (Å²) in [5.74, 6) is -0.698. The van der Waals surface area contributed by atoms with Gasteiger partial charge < -0.3 is 14.6 Å². The largest absolute Gasteiger partial charge is 0.490 e. The van der Waals surface area contributed by atoms with Gasteiger partial charge in [-0.05, 0) is 19.1 Å². The molecule has 0 bridgehead atoms. The predicted molar refractivity (Wildman–Crippen MR) is 74.0 cm³/mol. The zero-order chi connectivity index (χ0) is 15.0. The number of sulfone groups is 1. The lowest BCUT2D eigenvalue weighted by Crippen LogP contribution is -2.19. The molecule has 0 atom stereocenters. The highest BCUT2D eigenvalue weighted by Gasteiger charge is 2.14. The van der Waals surface area contributed by atoms with Crippen LogP contribution in [0, 0.1) is 0 Å². The molecule has 0 heterocycles. The molecule has 0 saturated carbocycles. The summed E-state index contributed by atoms with van der Waals surface area (Å²) in [6.07, 6.45) is -0.391. The first-order chi connectivity index (χ1) is 9.44. The van der Waals surface area contributed by atoms with E-state index in [9.17, 15) is 13.2 Å². The predicted octanol–water partition coefficient (Wildman–Crippen LogP) is 1.35. The third-order valence-corrected chi connectivity index (χ3v) is 4.04. The van der Waals surface area contributed by atoms with Crippen molar-refractivity contribution in [1.82, 2.24) is 0 Å². The van der Waals surface area contributed by atoms with Gasteiger partial charge in [0.25, 0.3) is 0 Å². The van der Waals surface area contributed by atoms with Crippen LogP contribution in [0.1, 0.15) is 13.3 Å². The zero-order valence-corrected chi connectivity index (χ0v) is 12.1. The molecule has 0 saturated heterocycles. The van der Waals surface area contributed by atoms with Crippen LogP contribution in [0.4, 0.5) is 0 Å². The second-order valence-corrected chi connectivity index (χ2v) is 6.33. The van der Waals surface area contributed by atoms with Crippen LogP contribution in [0.5, 0.6) is 11.5 Å². The Morgan fingerprint density at radius 1 is 1.15 bits per heavy atom. The number of para-hydroxylation sites is 2. The van der Waals surface area contributed by atoms with Crippen molar-refractivity contribution in [2.24, 2.45) is 0 Å². The van der Waals surface area contributed by atoms with Gasteiger partial charge in [0.1, 0.15) is 6.61 Å². The summed E-state index contributed by atoms with van der Waals surface area (Å²) < 4.78 is 33.8. The molecule has 0 radical (unpaired) electrons. The van der Waals surface area contributed by atoms with Crippen LogP contribution in [0.3, 0.4) is 0 Å². The highest BCUT2D eigenvalue weighted by atomic mass is 32.2. The number of benzene rings is 1. The molecule has 0 spiro atoms. The number of aliphatic carboxylic acids is 1. The van der Waals surface area contributed by atoms with Gasteiger partial charge in [0, 0.05) is 0 Å². The van der Waals surface area contributed by atoms with Crippen molar-refractivity contribution in [2.45, 2.75) is 13.3 Å². The lowest BCUT2D eigenvalue weighted by molar-refractivity contribution is -0.136. The standard InChI is InChI=1S/C13H18O6S/c1-2-18-11-5-3-4-6-12(11)19-8-10-20(16,17)9-7-13(14)15/h3-6H,2,7-10H2,1H3,(H,14,15). The SMILES string of the molecule is CCOc1ccccc1OCCS(=O)(=O)CCC(=O)O.